The number of carbonyl (C=O) groups excluding carboxylic acids is 1. The Balaban J connectivity index is 1.75. The third kappa shape index (κ3) is 4.70. The van der Waals surface area contributed by atoms with E-state index in [9.17, 15) is 9.18 Å². The summed E-state index contributed by atoms with van der Waals surface area (Å²) in [6.07, 6.45) is 3.44. The van der Waals surface area contributed by atoms with E-state index in [-0.39, 0.29) is 35.7 Å². The fourth-order valence-electron chi connectivity index (χ4n) is 2.34. The molecule has 0 radical (unpaired) electrons. The van der Waals surface area contributed by atoms with Crippen molar-refractivity contribution >= 4 is 5.91 Å². The fourth-order valence-corrected chi connectivity index (χ4v) is 2.34. The van der Waals surface area contributed by atoms with Crippen LogP contribution in [-0.4, -0.2) is 39.1 Å². The molecule has 3 aromatic rings. The number of rotatable bonds is 7. The second kappa shape index (κ2) is 8.45. The zero-order valence-corrected chi connectivity index (χ0v) is 14.9. The van der Waals surface area contributed by atoms with Gasteiger partial charge in [0.2, 0.25) is 0 Å². The van der Waals surface area contributed by atoms with Crippen LogP contribution in [0.4, 0.5) is 4.39 Å². The summed E-state index contributed by atoms with van der Waals surface area (Å²) in [5.41, 5.74) is 1.05. The van der Waals surface area contributed by atoms with Gasteiger partial charge in [-0.15, -0.1) is 0 Å². The molecule has 0 spiro atoms. The van der Waals surface area contributed by atoms with Crippen LogP contribution in [0.3, 0.4) is 0 Å². The molecule has 1 atom stereocenters. The molecular weight excluding hydrogens is 351 g/mol. The number of likely N-dealkylation sites (N-methyl/N-ethyl adjacent to an activating group) is 1. The van der Waals surface area contributed by atoms with E-state index in [1.807, 2.05) is 14.0 Å². The number of amides is 1. The number of hydrogen-bond donors (Lipinski definition) is 2. The minimum atomic E-state index is -0.439. The highest BCUT2D eigenvalue weighted by molar-refractivity contribution is 5.96. The summed E-state index contributed by atoms with van der Waals surface area (Å²) < 4.78 is 18.2. The Morgan fingerprint density at radius 1 is 1.22 bits per heavy atom. The zero-order valence-electron chi connectivity index (χ0n) is 14.9. The second-order valence-electron chi connectivity index (χ2n) is 5.97. The number of hydrogen-bond acceptors (Lipinski definition) is 7. The fraction of sp³-hybridized carbons (Fsp3) is 0.278. The lowest BCUT2D eigenvalue weighted by molar-refractivity contribution is 0.0946. The average Bonchev–Trinajstić information content (AvgIpc) is 3.15. The van der Waals surface area contributed by atoms with Crippen LogP contribution in [0.15, 0.2) is 41.2 Å². The Hall–Kier alpha value is -3.20. The number of aromatic nitrogens is 4. The highest BCUT2D eigenvalue weighted by Crippen LogP contribution is 2.18. The van der Waals surface area contributed by atoms with E-state index in [1.54, 1.807) is 12.1 Å². The maximum absolute atomic E-state index is 13.0. The lowest BCUT2D eigenvalue weighted by atomic mass is 10.2. The molecule has 0 aliphatic carbocycles. The summed E-state index contributed by atoms with van der Waals surface area (Å²) in [4.78, 5) is 25.1. The van der Waals surface area contributed by atoms with Gasteiger partial charge in [-0.2, -0.15) is 4.98 Å². The van der Waals surface area contributed by atoms with Gasteiger partial charge in [0.1, 0.15) is 5.82 Å². The van der Waals surface area contributed by atoms with Gasteiger partial charge in [-0.25, -0.2) is 14.4 Å². The number of benzene rings is 1. The van der Waals surface area contributed by atoms with Crippen molar-refractivity contribution in [3.05, 3.63) is 59.6 Å². The van der Waals surface area contributed by atoms with Crippen LogP contribution in [0.5, 0.6) is 0 Å². The summed E-state index contributed by atoms with van der Waals surface area (Å²) in [5, 5.41) is 9.74. The highest BCUT2D eigenvalue weighted by atomic mass is 19.1. The van der Waals surface area contributed by atoms with Gasteiger partial charge in [-0.3, -0.25) is 4.79 Å². The van der Waals surface area contributed by atoms with Gasteiger partial charge in [-0.05, 0) is 31.7 Å². The summed E-state index contributed by atoms with van der Waals surface area (Å²) in [6, 6.07) is 6.04. The van der Waals surface area contributed by atoms with Crippen LogP contribution in [0.25, 0.3) is 11.6 Å². The van der Waals surface area contributed by atoms with E-state index < -0.39 is 5.91 Å². The highest BCUT2D eigenvalue weighted by Gasteiger charge is 2.21. The van der Waals surface area contributed by atoms with Crippen molar-refractivity contribution in [3.8, 4) is 11.6 Å². The minimum Gasteiger partial charge on any atom is -0.347 e. The molecule has 0 aliphatic heterocycles. The maximum Gasteiger partial charge on any atom is 0.278 e. The van der Waals surface area contributed by atoms with Gasteiger partial charge in [0.15, 0.2) is 17.2 Å². The molecule has 3 rings (SSSR count). The van der Waals surface area contributed by atoms with Crippen LogP contribution in [0.1, 0.15) is 28.8 Å². The van der Waals surface area contributed by atoms with Gasteiger partial charge in [0.05, 0.1) is 0 Å². The monoisotopic (exact) mass is 370 g/mol. The predicted octanol–water partition coefficient (Wildman–Crippen LogP) is 1.75. The molecule has 1 unspecified atom stereocenters. The van der Waals surface area contributed by atoms with E-state index >= 15 is 0 Å². The zero-order chi connectivity index (χ0) is 19.2. The predicted molar refractivity (Wildman–Crippen MR) is 95.1 cm³/mol. The van der Waals surface area contributed by atoms with Crippen LogP contribution >= 0.6 is 0 Å². The first-order chi connectivity index (χ1) is 13.1. The average molecular weight is 370 g/mol. The summed E-state index contributed by atoms with van der Waals surface area (Å²) in [5.74, 6) is -0.129. The molecule has 0 aliphatic rings. The van der Waals surface area contributed by atoms with Crippen molar-refractivity contribution in [2.75, 3.05) is 7.05 Å². The normalized spacial score (nSPS) is 12.0. The molecule has 0 saturated carbocycles. The van der Waals surface area contributed by atoms with Crippen molar-refractivity contribution in [1.82, 2.24) is 30.7 Å². The van der Waals surface area contributed by atoms with Gasteiger partial charge >= 0.3 is 0 Å². The lowest BCUT2D eigenvalue weighted by Gasteiger charge is -2.06. The number of carbonyl (C=O) groups is 1. The first-order valence-corrected chi connectivity index (χ1v) is 8.40. The summed E-state index contributed by atoms with van der Waals surface area (Å²) >= 11 is 0. The smallest absolute Gasteiger partial charge is 0.278 e. The Bertz CT molecular complexity index is 912. The van der Waals surface area contributed by atoms with E-state index in [1.165, 1.54) is 24.5 Å². The SMILES string of the molecule is CNC(C)Cc1noc(-c2nccnc2C(=O)NCc2ccc(F)cc2)n1. The van der Waals surface area contributed by atoms with Crippen molar-refractivity contribution in [2.45, 2.75) is 25.9 Å². The van der Waals surface area contributed by atoms with E-state index in [2.05, 4.69) is 30.7 Å². The third-order valence-electron chi connectivity index (χ3n) is 3.93. The molecule has 8 nitrogen and oxygen atoms in total. The number of halogens is 1. The second-order valence-corrected chi connectivity index (χ2v) is 5.97. The van der Waals surface area contributed by atoms with Crippen molar-refractivity contribution in [2.24, 2.45) is 0 Å². The standard InChI is InChI=1S/C18H19FN6O2/c1-11(20-2)9-14-24-18(27-25-14)16-15(21-7-8-22-16)17(26)23-10-12-3-5-13(19)6-4-12/h3-8,11,20H,9-10H2,1-2H3,(H,23,26). The number of nitrogens with zero attached hydrogens (tertiary/aromatic N) is 4. The molecular formula is C18H19FN6O2. The molecule has 27 heavy (non-hydrogen) atoms. The van der Waals surface area contributed by atoms with E-state index in [0.29, 0.717) is 12.2 Å². The van der Waals surface area contributed by atoms with Crippen LogP contribution in [0, 0.1) is 5.82 Å². The maximum atomic E-state index is 13.0. The number of nitrogens with one attached hydrogen (secondary N) is 2. The van der Waals surface area contributed by atoms with Crippen molar-refractivity contribution in [3.63, 3.8) is 0 Å². The molecule has 140 valence electrons. The molecule has 0 fully saturated rings. The minimum absolute atomic E-state index is 0.0801. The lowest BCUT2D eigenvalue weighted by Crippen LogP contribution is -2.25. The van der Waals surface area contributed by atoms with E-state index in [4.69, 9.17) is 4.52 Å². The van der Waals surface area contributed by atoms with Crippen molar-refractivity contribution in [1.29, 1.82) is 0 Å². The topological polar surface area (TPSA) is 106 Å². The molecule has 9 heteroatoms. The molecule has 0 saturated heterocycles. The first kappa shape index (κ1) is 18.6. The Kier molecular flexibility index (Phi) is 5.82. The molecule has 2 aromatic heterocycles. The van der Waals surface area contributed by atoms with Gasteiger partial charge in [0.25, 0.3) is 11.8 Å². The molecule has 1 aromatic carbocycles. The van der Waals surface area contributed by atoms with Crippen LogP contribution in [-0.2, 0) is 13.0 Å². The first-order valence-electron chi connectivity index (χ1n) is 8.40. The van der Waals surface area contributed by atoms with E-state index in [0.717, 1.165) is 5.56 Å². The molecule has 1 amide bonds. The van der Waals surface area contributed by atoms with Gasteiger partial charge in [0, 0.05) is 31.4 Å². The van der Waals surface area contributed by atoms with Crippen LogP contribution < -0.4 is 10.6 Å². The largest absolute Gasteiger partial charge is 0.347 e. The van der Waals surface area contributed by atoms with Crippen molar-refractivity contribution < 1.29 is 13.7 Å². The summed E-state index contributed by atoms with van der Waals surface area (Å²) in [6.45, 7) is 2.22. The quantitative estimate of drug-likeness (QED) is 0.652. The Labute approximate surface area is 155 Å². The molecule has 2 heterocycles. The van der Waals surface area contributed by atoms with Crippen LogP contribution in [0.2, 0.25) is 0 Å². The molecule has 0 bridgehead atoms. The Morgan fingerprint density at radius 3 is 2.70 bits per heavy atom. The van der Waals surface area contributed by atoms with Gasteiger partial charge in [-0.1, -0.05) is 17.3 Å². The summed E-state index contributed by atoms with van der Waals surface area (Å²) in [7, 11) is 1.85. The van der Waals surface area contributed by atoms with Gasteiger partial charge < -0.3 is 15.2 Å². The third-order valence-corrected chi connectivity index (χ3v) is 3.93. The molecule has 2 N–H and O–H groups in total. The Morgan fingerprint density at radius 2 is 1.96 bits per heavy atom.